The van der Waals surface area contributed by atoms with Crippen molar-refractivity contribution in [1.29, 1.82) is 0 Å². The van der Waals surface area contributed by atoms with E-state index in [9.17, 15) is 4.79 Å². The fourth-order valence-electron chi connectivity index (χ4n) is 1.38. The van der Waals surface area contributed by atoms with Crippen molar-refractivity contribution in [1.82, 2.24) is 5.32 Å². The summed E-state index contributed by atoms with van der Waals surface area (Å²) in [6.07, 6.45) is 0. The van der Waals surface area contributed by atoms with Crippen LogP contribution in [-0.2, 0) is 4.79 Å². The maximum Gasteiger partial charge on any atom is 0.239 e. The van der Waals surface area contributed by atoms with E-state index < -0.39 is 0 Å². The maximum atomic E-state index is 11.6. The highest BCUT2D eigenvalue weighted by Gasteiger charge is 2.12. The molecule has 0 saturated carbocycles. The number of anilines is 1. The largest absolute Gasteiger partial charge is 0.497 e. The molecule has 1 aromatic rings. The predicted molar refractivity (Wildman–Crippen MR) is 69.4 cm³/mol. The van der Waals surface area contributed by atoms with Crippen LogP contribution < -0.4 is 15.4 Å². The average Bonchev–Trinajstić information content (AvgIpc) is 2.24. The number of hydrogen-bond acceptors (Lipinski definition) is 3. The summed E-state index contributed by atoms with van der Waals surface area (Å²) in [5, 5.41) is 5.93. The molecule has 1 amide bonds. The summed E-state index contributed by atoms with van der Waals surface area (Å²) in [4.78, 5) is 11.6. The minimum atomic E-state index is -0.201. The van der Waals surface area contributed by atoms with E-state index in [2.05, 4.69) is 10.6 Å². The summed E-state index contributed by atoms with van der Waals surface area (Å²) in [6.45, 7) is 6.12. The zero-order chi connectivity index (χ0) is 12.9. The van der Waals surface area contributed by atoms with Gasteiger partial charge in [0.2, 0.25) is 5.91 Å². The second kappa shape index (κ2) is 5.57. The minimum Gasteiger partial charge on any atom is -0.497 e. The summed E-state index contributed by atoms with van der Waals surface area (Å²) in [7, 11) is 1.62. The molecule has 4 nitrogen and oxygen atoms in total. The van der Waals surface area contributed by atoms with Gasteiger partial charge in [0.05, 0.1) is 13.7 Å². The molecular weight excluding hydrogens is 216 g/mol. The van der Waals surface area contributed by atoms with E-state index in [1.54, 1.807) is 7.11 Å². The quantitative estimate of drug-likeness (QED) is 0.841. The molecule has 94 valence electrons. The normalized spacial score (nSPS) is 10.8. The van der Waals surface area contributed by atoms with Crippen LogP contribution >= 0.6 is 0 Å². The first kappa shape index (κ1) is 13.4. The van der Waals surface area contributed by atoms with Gasteiger partial charge in [0.15, 0.2) is 0 Å². The van der Waals surface area contributed by atoms with Crippen LogP contribution in [0, 0.1) is 0 Å². The van der Waals surface area contributed by atoms with Gasteiger partial charge in [-0.2, -0.15) is 0 Å². The molecule has 2 N–H and O–H groups in total. The van der Waals surface area contributed by atoms with Gasteiger partial charge in [0.25, 0.3) is 0 Å². The fraction of sp³-hybridized carbons (Fsp3) is 0.462. The smallest absolute Gasteiger partial charge is 0.239 e. The molecule has 0 fully saturated rings. The molecule has 0 aliphatic heterocycles. The summed E-state index contributed by atoms with van der Waals surface area (Å²) >= 11 is 0. The molecule has 0 atom stereocenters. The first-order valence-corrected chi connectivity index (χ1v) is 5.59. The number of amides is 1. The summed E-state index contributed by atoms with van der Waals surface area (Å²) in [6, 6.07) is 7.49. The lowest BCUT2D eigenvalue weighted by Gasteiger charge is -2.20. The van der Waals surface area contributed by atoms with Gasteiger partial charge < -0.3 is 15.4 Å². The minimum absolute atomic E-state index is 0.0275. The Balaban J connectivity index is 2.47. The maximum absolute atomic E-state index is 11.6. The van der Waals surface area contributed by atoms with Crippen molar-refractivity contribution in [3.05, 3.63) is 24.3 Å². The SMILES string of the molecule is COc1cccc(NCC(=O)NC(C)(C)C)c1. The van der Waals surface area contributed by atoms with Crippen LogP contribution in [0.15, 0.2) is 24.3 Å². The zero-order valence-corrected chi connectivity index (χ0v) is 10.8. The molecule has 0 radical (unpaired) electrons. The van der Waals surface area contributed by atoms with E-state index in [4.69, 9.17) is 4.74 Å². The van der Waals surface area contributed by atoms with E-state index in [1.807, 2.05) is 45.0 Å². The third-order valence-corrected chi connectivity index (χ3v) is 2.04. The number of rotatable bonds is 4. The highest BCUT2D eigenvalue weighted by atomic mass is 16.5. The third-order valence-electron chi connectivity index (χ3n) is 2.04. The highest BCUT2D eigenvalue weighted by Crippen LogP contribution is 2.16. The third kappa shape index (κ3) is 5.24. The van der Waals surface area contributed by atoms with E-state index in [1.165, 1.54) is 0 Å². The van der Waals surface area contributed by atoms with Crippen molar-refractivity contribution in [2.75, 3.05) is 19.0 Å². The first-order valence-electron chi connectivity index (χ1n) is 5.59. The average molecular weight is 236 g/mol. The Labute approximate surface area is 102 Å². The fourth-order valence-corrected chi connectivity index (χ4v) is 1.38. The van der Waals surface area contributed by atoms with E-state index in [0.717, 1.165) is 11.4 Å². The number of hydrogen-bond donors (Lipinski definition) is 2. The number of benzene rings is 1. The van der Waals surface area contributed by atoms with Gasteiger partial charge in [-0.05, 0) is 32.9 Å². The molecule has 0 bridgehead atoms. The van der Waals surface area contributed by atoms with Gasteiger partial charge in [0.1, 0.15) is 5.75 Å². The molecule has 1 aromatic carbocycles. The zero-order valence-electron chi connectivity index (χ0n) is 10.8. The number of carbonyl (C=O) groups excluding carboxylic acids is 1. The van der Waals surface area contributed by atoms with E-state index in [-0.39, 0.29) is 18.0 Å². The van der Waals surface area contributed by atoms with Crippen LogP contribution in [-0.4, -0.2) is 25.1 Å². The van der Waals surface area contributed by atoms with Crippen molar-refractivity contribution in [3.8, 4) is 5.75 Å². The van der Waals surface area contributed by atoms with Gasteiger partial charge >= 0.3 is 0 Å². The molecule has 0 aliphatic rings. The number of methoxy groups -OCH3 is 1. The lowest BCUT2D eigenvalue weighted by molar-refractivity contribution is -0.120. The molecule has 0 spiro atoms. The number of ether oxygens (including phenoxy) is 1. The van der Waals surface area contributed by atoms with Gasteiger partial charge in [0, 0.05) is 17.3 Å². The summed E-state index contributed by atoms with van der Waals surface area (Å²) < 4.78 is 5.10. The molecule has 4 heteroatoms. The molecule has 0 saturated heterocycles. The summed E-state index contributed by atoms with van der Waals surface area (Å²) in [5.41, 5.74) is 0.668. The molecule has 0 aromatic heterocycles. The topological polar surface area (TPSA) is 50.4 Å². The van der Waals surface area contributed by atoms with Gasteiger partial charge in [-0.15, -0.1) is 0 Å². The Morgan fingerprint density at radius 3 is 2.65 bits per heavy atom. The number of nitrogens with one attached hydrogen (secondary N) is 2. The van der Waals surface area contributed by atoms with Crippen molar-refractivity contribution >= 4 is 11.6 Å². The predicted octanol–water partition coefficient (Wildman–Crippen LogP) is 2.02. The Hall–Kier alpha value is -1.71. The monoisotopic (exact) mass is 236 g/mol. The second-order valence-electron chi connectivity index (χ2n) is 4.88. The van der Waals surface area contributed by atoms with Crippen LogP contribution in [0.5, 0.6) is 5.75 Å². The highest BCUT2D eigenvalue weighted by molar-refractivity contribution is 5.81. The second-order valence-corrected chi connectivity index (χ2v) is 4.88. The van der Waals surface area contributed by atoms with Gasteiger partial charge in [-0.3, -0.25) is 4.79 Å². The van der Waals surface area contributed by atoms with Crippen LogP contribution in [0.4, 0.5) is 5.69 Å². The van der Waals surface area contributed by atoms with Crippen molar-refractivity contribution in [3.63, 3.8) is 0 Å². The molecule has 1 rings (SSSR count). The van der Waals surface area contributed by atoms with Crippen LogP contribution in [0.25, 0.3) is 0 Å². The van der Waals surface area contributed by atoms with Crippen LogP contribution in [0.2, 0.25) is 0 Å². The molecule has 0 heterocycles. The first-order chi connectivity index (χ1) is 7.90. The Morgan fingerprint density at radius 1 is 1.35 bits per heavy atom. The summed E-state index contributed by atoms with van der Waals surface area (Å²) in [5.74, 6) is 0.742. The Morgan fingerprint density at radius 2 is 2.06 bits per heavy atom. The van der Waals surface area contributed by atoms with Gasteiger partial charge in [-0.25, -0.2) is 0 Å². The lowest BCUT2D eigenvalue weighted by atomic mass is 10.1. The van der Waals surface area contributed by atoms with Crippen molar-refractivity contribution < 1.29 is 9.53 Å². The van der Waals surface area contributed by atoms with E-state index in [0.29, 0.717) is 0 Å². The lowest BCUT2D eigenvalue weighted by Crippen LogP contribution is -2.43. The number of carbonyl (C=O) groups is 1. The van der Waals surface area contributed by atoms with Crippen LogP contribution in [0.3, 0.4) is 0 Å². The standard InChI is InChI=1S/C13H20N2O2/c1-13(2,3)15-12(16)9-14-10-6-5-7-11(8-10)17-4/h5-8,14H,9H2,1-4H3,(H,15,16). The Bertz CT molecular complexity index is 383. The van der Waals surface area contributed by atoms with E-state index >= 15 is 0 Å². The Kier molecular flexibility index (Phi) is 4.37. The van der Waals surface area contributed by atoms with Crippen molar-refractivity contribution in [2.24, 2.45) is 0 Å². The molecular formula is C13H20N2O2. The van der Waals surface area contributed by atoms with Gasteiger partial charge in [-0.1, -0.05) is 6.07 Å². The molecule has 0 unspecified atom stereocenters. The van der Waals surface area contributed by atoms with Crippen molar-refractivity contribution in [2.45, 2.75) is 26.3 Å². The molecule has 17 heavy (non-hydrogen) atoms. The molecule has 0 aliphatic carbocycles. The van der Waals surface area contributed by atoms with Crippen LogP contribution in [0.1, 0.15) is 20.8 Å².